The first kappa shape index (κ1) is 13.4. The lowest BCUT2D eigenvalue weighted by atomic mass is 10.1. The highest BCUT2D eigenvalue weighted by molar-refractivity contribution is 5.69. The summed E-state index contributed by atoms with van der Waals surface area (Å²) in [6.07, 6.45) is 0.0883. The number of methoxy groups -OCH3 is 1. The van der Waals surface area contributed by atoms with Crippen LogP contribution in [0.3, 0.4) is 0 Å². The van der Waals surface area contributed by atoms with Crippen LogP contribution in [-0.2, 0) is 9.53 Å². The van der Waals surface area contributed by atoms with Gasteiger partial charge in [-0.1, -0.05) is 6.07 Å². The Kier molecular flexibility index (Phi) is 4.90. The van der Waals surface area contributed by atoms with Gasteiger partial charge in [0.1, 0.15) is 0 Å². The van der Waals surface area contributed by atoms with Gasteiger partial charge in [-0.25, -0.2) is 4.39 Å². The third kappa shape index (κ3) is 4.03. The molecule has 94 valence electrons. The van der Waals surface area contributed by atoms with E-state index >= 15 is 0 Å². The van der Waals surface area contributed by atoms with Crippen LogP contribution in [0, 0.1) is 5.82 Å². The summed E-state index contributed by atoms with van der Waals surface area (Å²) in [6.45, 7) is 1.85. The molecule has 0 aliphatic carbocycles. The molecule has 1 atom stereocenters. The molecule has 17 heavy (non-hydrogen) atoms. The number of benzene rings is 1. The highest BCUT2D eigenvalue weighted by Gasteiger charge is 2.08. The molecule has 0 heterocycles. The maximum absolute atomic E-state index is 13.5. The van der Waals surface area contributed by atoms with E-state index in [0.717, 1.165) is 0 Å². The van der Waals surface area contributed by atoms with E-state index in [2.05, 4.69) is 4.74 Å². The van der Waals surface area contributed by atoms with E-state index in [-0.39, 0.29) is 24.8 Å². The number of hydrogen-bond acceptors (Lipinski definition) is 4. The van der Waals surface area contributed by atoms with Gasteiger partial charge in [0, 0.05) is 6.04 Å². The molecule has 0 spiro atoms. The van der Waals surface area contributed by atoms with Crippen molar-refractivity contribution in [3.8, 4) is 5.75 Å². The van der Waals surface area contributed by atoms with Crippen molar-refractivity contribution in [2.75, 3.05) is 13.7 Å². The molecular formula is C12H16FNO3. The zero-order chi connectivity index (χ0) is 12.8. The van der Waals surface area contributed by atoms with Crippen LogP contribution in [0.1, 0.15) is 24.9 Å². The molecule has 0 aliphatic rings. The Morgan fingerprint density at radius 2 is 2.24 bits per heavy atom. The van der Waals surface area contributed by atoms with Gasteiger partial charge < -0.3 is 15.2 Å². The number of ether oxygens (including phenoxy) is 2. The van der Waals surface area contributed by atoms with E-state index in [0.29, 0.717) is 5.56 Å². The molecule has 5 heteroatoms. The lowest BCUT2D eigenvalue weighted by Crippen LogP contribution is -2.09. The van der Waals surface area contributed by atoms with E-state index in [9.17, 15) is 9.18 Å². The molecule has 1 aromatic rings. The highest BCUT2D eigenvalue weighted by atomic mass is 19.1. The number of carbonyl (C=O) groups is 1. The Morgan fingerprint density at radius 3 is 2.76 bits per heavy atom. The summed E-state index contributed by atoms with van der Waals surface area (Å²) in [7, 11) is 1.29. The molecule has 0 radical (unpaired) electrons. The zero-order valence-corrected chi connectivity index (χ0v) is 9.90. The molecule has 0 fully saturated rings. The predicted molar refractivity (Wildman–Crippen MR) is 61.1 cm³/mol. The van der Waals surface area contributed by atoms with Crippen LogP contribution in [-0.4, -0.2) is 19.7 Å². The van der Waals surface area contributed by atoms with Gasteiger partial charge in [-0.2, -0.15) is 0 Å². The highest BCUT2D eigenvalue weighted by Crippen LogP contribution is 2.21. The molecule has 0 aliphatic heterocycles. The fourth-order valence-electron chi connectivity index (χ4n) is 1.26. The van der Waals surface area contributed by atoms with Crippen LogP contribution in [0.5, 0.6) is 5.75 Å². The van der Waals surface area contributed by atoms with Gasteiger partial charge in [0.05, 0.1) is 20.1 Å². The Hall–Kier alpha value is -1.62. The van der Waals surface area contributed by atoms with E-state index in [4.69, 9.17) is 10.5 Å². The van der Waals surface area contributed by atoms with Crippen LogP contribution in [0.15, 0.2) is 18.2 Å². The molecule has 0 saturated carbocycles. The Labute approximate surface area is 99.5 Å². The number of nitrogens with two attached hydrogens (primary N) is 1. The minimum absolute atomic E-state index is 0.0844. The lowest BCUT2D eigenvalue weighted by molar-refractivity contribution is -0.141. The fourth-order valence-corrected chi connectivity index (χ4v) is 1.26. The summed E-state index contributed by atoms with van der Waals surface area (Å²) in [4.78, 5) is 10.8. The predicted octanol–water partition coefficient (Wildman–Crippen LogP) is 1.79. The number of rotatable bonds is 5. The smallest absolute Gasteiger partial charge is 0.308 e. The molecule has 1 rings (SSSR count). The van der Waals surface area contributed by atoms with Crippen LogP contribution < -0.4 is 10.5 Å². The molecule has 4 nitrogen and oxygen atoms in total. The average Bonchev–Trinajstić information content (AvgIpc) is 2.30. The summed E-state index contributed by atoms with van der Waals surface area (Å²) >= 11 is 0. The second kappa shape index (κ2) is 6.20. The lowest BCUT2D eigenvalue weighted by Gasteiger charge is -2.09. The van der Waals surface area contributed by atoms with Crippen LogP contribution in [0.4, 0.5) is 4.39 Å². The third-order valence-corrected chi connectivity index (χ3v) is 2.27. The largest absolute Gasteiger partial charge is 0.490 e. The topological polar surface area (TPSA) is 61.5 Å². The minimum atomic E-state index is -0.482. The SMILES string of the molecule is COC(=O)CCOc1ccc([C@@H](C)N)cc1F. The van der Waals surface area contributed by atoms with Crippen LogP contribution >= 0.6 is 0 Å². The quantitative estimate of drug-likeness (QED) is 0.798. The average molecular weight is 241 g/mol. The molecule has 1 aromatic carbocycles. The monoisotopic (exact) mass is 241 g/mol. The standard InChI is InChI=1S/C12H16FNO3/c1-8(14)9-3-4-11(10(13)7-9)17-6-5-12(15)16-2/h3-4,7-8H,5-6,14H2,1-2H3/t8-/m1/s1. The normalized spacial score (nSPS) is 12.0. The van der Waals surface area contributed by atoms with Gasteiger partial charge in [0.2, 0.25) is 0 Å². The summed E-state index contributed by atoms with van der Waals surface area (Å²) in [5.41, 5.74) is 6.32. The summed E-state index contributed by atoms with van der Waals surface area (Å²) in [5, 5.41) is 0. The van der Waals surface area contributed by atoms with Gasteiger partial charge >= 0.3 is 5.97 Å². The van der Waals surface area contributed by atoms with Crippen molar-refractivity contribution in [2.24, 2.45) is 5.73 Å². The second-order valence-corrected chi connectivity index (χ2v) is 3.65. The first-order chi connectivity index (χ1) is 8.04. The number of hydrogen-bond donors (Lipinski definition) is 1. The van der Waals surface area contributed by atoms with Crippen molar-refractivity contribution >= 4 is 5.97 Å². The number of esters is 1. The number of carbonyl (C=O) groups excluding carboxylic acids is 1. The van der Waals surface area contributed by atoms with Crippen molar-refractivity contribution in [3.05, 3.63) is 29.6 Å². The first-order valence-corrected chi connectivity index (χ1v) is 5.29. The van der Waals surface area contributed by atoms with E-state index in [1.54, 1.807) is 13.0 Å². The van der Waals surface area contributed by atoms with E-state index in [1.165, 1.54) is 19.2 Å². The minimum Gasteiger partial charge on any atom is -0.490 e. The molecule has 0 bridgehead atoms. The van der Waals surface area contributed by atoms with Gasteiger partial charge in [-0.05, 0) is 24.6 Å². The van der Waals surface area contributed by atoms with Crippen molar-refractivity contribution in [1.29, 1.82) is 0 Å². The maximum atomic E-state index is 13.5. The van der Waals surface area contributed by atoms with Crippen molar-refractivity contribution in [3.63, 3.8) is 0 Å². The van der Waals surface area contributed by atoms with Crippen LogP contribution in [0.2, 0.25) is 0 Å². The molecule has 0 saturated heterocycles. The van der Waals surface area contributed by atoms with E-state index in [1.807, 2.05) is 0 Å². The Bertz CT molecular complexity index is 393. The molecule has 0 amide bonds. The summed E-state index contributed by atoms with van der Waals surface area (Å²) in [6, 6.07) is 4.30. The zero-order valence-electron chi connectivity index (χ0n) is 9.90. The number of halogens is 1. The van der Waals surface area contributed by atoms with E-state index < -0.39 is 11.8 Å². The molecule has 0 aromatic heterocycles. The van der Waals surface area contributed by atoms with Crippen molar-refractivity contribution in [1.82, 2.24) is 0 Å². The first-order valence-electron chi connectivity index (χ1n) is 5.29. The van der Waals surface area contributed by atoms with Crippen LogP contribution in [0.25, 0.3) is 0 Å². The van der Waals surface area contributed by atoms with Gasteiger partial charge in [0.25, 0.3) is 0 Å². The summed E-state index contributed by atoms with van der Waals surface area (Å²) < 4.78 is 23.1. The fraction of sp³-hybridized carbons (Fsp3) is 0.417. The Balaban J connectivity index is 2.57. The second-order valence-electron chi connectivity index (χ2n) is 3.65. The van der Waals surface area contributed by atoms with Gasteiger partial charge in [-0.3, -0.25) is 4.79 Å². The maximum Gasteiger partial charge on any atom is 0.308 e. The van der Waals surface area contributed by atoms with Crippen molar-refractivity contribution in [2.45, 2.75) is 19.4 Å². The Morgan fingerprint density at radius 1 is 1.53 bits per heavy atom. The van der Waals surface area contributed by atoms with Crippen molar-refractivity contribution < 1.29 is 18.7 Å². The molecule has 2 N–H and O–H groups in total. The third-order valence-electron chi connectivity index (χ3n) is 2.27. The van der Waals surface area contributed by atoms with Gasteiger partial charge in [-0.15, -0.1) is 0 Å². The molecule has 0 unspecified atom stereocenters. The molecular weight excluding hydrogens is 225 g/mol. The van der Waals surface area contributed by atoms with Gasteiger partial charge in [0.15, 0.2) is 11.6 Å². The summed E-state index contributed by atoms with van der Waals surface area (Å²) in [5.74, 6) is -0.763.